The summed E-state index contributed by atoms with van der Waals surface area (Å²) in [7, 11) is 0. The van der Waals surface area contributed by atoms with Crippen molar-refractivity contribution >= 4 is 56.7 Å². The highest BCUT2D eigenvalue weighted by Crippen LogP contribution is 2.37. The van der Waals surface area contributed by atoms with E-state index in [0.29, 0.717) is 11.5 Å². The standard InChI is InChI=1S/C36H22N2O6/c39-33-25-15-5-6-16-26(25)34(40)32-28(38-36(42)44-30-18-8-12-22-10-2-4-14-24(22)30)20-19-27(31(32)33)37-35(41)43-29-17-7-11-21-9-1-3-13-23(21)29/h1-20H,(H,37,41)(H,38,42). The molecule has 0 saturated heterocycles. The van der Waals surface area contributed by atoms with Crippen LogP contribution in [0.1, 0.15) is 31.8 Å². The molecule has 8 nitrogen and oxygen atoms in total. The largest absolute Gasteiger partial charge is 0.417 e. The molecule has 0 saturated carbocycles. The van der Waals surface area contributed by atoms with Crippen molar-refractivity contribution in [3.8, 4) is 11.5 Å². The fraction of sp³-hybridized carbons (Fsp3) is 0. The lowest BCUT2D eigenvalue weighted by atomic mass is 9.82. The highest BCUT2D eigenvalue weighted by Gasteiger charge is 2.35. The molecule has 0 atom stereocenters. The van der Waals surface area contributed by atoms with Crippen molar-refractivity contribution in [3.05, 3.63) is 144 Å². The number of rotatable bonds is 4. The number of hydrogen-bond acceptors (Lipinski definition) is 6. The summed E-state index contributed by atoms with van der Waals surface area (Å²) in [4.78, 5) is 53.7. The molecule has 212 valence electrons. The van der Waals surface area contributed by atoms with E-state index in [1.54, 1.807) is 48.5 Å². The molecule has 0 heterocycles. The van der Waals surface area contributed by atoms with E-state index >= 15 is 0 Å². The van der Waals surface area contributed by atoms with Crippen molar-refractivity contribution < 1.29 is 28.7 Å². The summed E-state index contributed by atoms with van der Waals surface area (Å²) in [6.45, 7) is 0. The number of nitrogens with one attached hydrogen (secondary N) is 2. The van der Waals surface area contributed by atoms with E-state index in [9.17, 15) is 19.2 Å². The molecule has 2 N–H and O–H groups in total. The summed E-state index contributed by atoms with van der Waals surface area (Å²) < 4.78 is 11.2. The second-order valence-electron chi connectivity index (χ2n) is 10.1. The molecular formula is C36H22N2O6. The maximum absolute atomic E-state index is 13.8. The monoisotopic (exact) mass is 578 g/mol. The van der Waals surface area contributed by atoms with Crippen molar-refractivity contribution in [2.75, 3.05) is 10.6 Å². The molecule has 0 aromatic heterocycles. The summed E-state index contributed by atoms with van der Waals surface area (Å²) in [6.07, 6.45) is -1.70. The van der Waals surface area contributed by atoms with E-state index in [4.69, 9.17) is 9.47 Å². The maximum atomic E-state index is 13.8. The minimum atomic E-state index is -0.848. The zero-order chi connectivity index (χ0) is 30.2. The number of anilines is 2. The van der Waals surface area contributed by atoms with Crippen LogP contribution in [0, 0.1) is 0 Å². The van der Waals surface area contributed by atoms with Crippen LogP contribution >= 0.6 is 0 Å². The van der Waals surface area contributed by atoms with Crippen LogP contribution in [-0.2, 0) is 0 Å². The van der Waals surface area contributed by atoms with Crippen LogP contribution in [-0.4, -0.2) is 23.8 Å². The van der Waals surface area contributed by atoms with Crippen LogP contribution in [0.5, 0.6) is 11.5 Å². The van der Waals surface area contributed by atoms with E-state index in [1.165, 1.54) is 12.1 Å². The topological polar surface area (TPSA) is 111 Å². The first kappa shape index (κ1) is 26.6. The van der Waals surface area contributed by atoms with Gasteiger partial charge in [-0.05, 0) is 35.0 Å². The van der Waals surface area contributed by atoms with E-state index in [-0.39, 0.29) is 33.6 Å². The Morgan fingerprint density at radius 3 is 1.30 bits per heavy atom. The zero-order valence-corrected chi connectivity index (χ0v) is 23.0. The Balaban J connectivity index is 1.23. The molecule has 0 bridgehead atoms. The number of benzene rings is 6. The lowest BCUT2D eigenvalue weighted by Crippen LogP contribution is -2.27. The van der Waals surface area contributed by atoms with Gasteiger partial charge in [-0.25, -0.2) is 9.59 Å². The highest BCUT2D eigenvalue weighted by molar-refractivity contribution is 6.32. The predicted molar refractivity (Wildman–Crippen MR) is 167 cm³/mol. The minimum absolute atomic E-state index is 0.0612. The fourth-order valence-corrected chi connectivity index (χ4v) is 5.47. The maximum Gasteiger partial charge on any atom is 0.417 e. The Bertz CT molecular complexity index is 2010. The van der Waals surface area contributed by atoms with Crippen LogP contribution in [0.4, 0.5) is 21.0 Å². The van der Waals surface area contributed by atoms with Gasteiger partial charge in [0.1, 0.15) is 11.5 Å². The summed E-state index contributed by atoms with van der Waals surface area (Å²) in [5, 5.41) is 8.50. The van der Waals surface area contributed by atoms with Crippen molar-refractivity contribution in [1.82, 2.24) is 0 Å². The van der Waals surface area contributed by atoms with Crippen molar-refractivity contribution in [2.24, 2.45) is 0 Å². The number of carbonyl (C=O) groups is 4. The molecule has 0 unspecified atom stereocenters. The molecular weight excluding hydrogens is 556 g/mol. The first-order chi connectivity index (χ1) is 21.5. The first-order valence-electron chi connectivity index (χ1n) is 13.8. The van der Waals surface area contributed by atoms with Gasteiger partial charge >= 0.3 is 12.2 Å². The van der Waals surface area contributed by atoms with Crippen LogP contribution < -0.4 is 20.1 Å². The molecule has 7 rings (SSSR count). The third-order valence-electron chi connectivity index (χ3n) is 7.45. The number of carbonyl (C=O) groups excluding carboxylic acids is 4. The molecule has 44 heavy (non-hydrogen) atoms. The van der Waals surface area contributed by atoms with Gasteiger partial charge in [-0.1, -0.05) is 97.1 Å². The van der Waals surface area contributed by atoms with Crippen LogP contribution in [0.2, 0.25) is 0 Å². The summed E-state index contributed by atoms with van der Waals surface area (Å²) >= 11 is 0. The zero-order valence-electron chi connectivity index (χ0n) is 23.0. The smallest absolute Gasteiger partial charge is 0.409 e. The minimum Gasteiger partial charge on any atom is -0.409 e. The average Bonchev–Trinajstić information content (AvgIpc) is 3.04. The quantitative estimate of drug-likeness (QED) is 0.219. The lowest BCUT2D eigenvalue weighted by Gasteiger charge is -2.23. The van der Waals surface area contributed by atoms with Gasteiger partial charge in [0.15, 0.2) is 11.6 Å². The Kier molecular flexibility index (Phi) is 6.56. The van der Waals surface area contributed by atoms with Gasteiger partial charge in [0.25, 0.3) is 0 Å². The number of fused-ring (bicyclic) bond motifs is 4. The molecule has 1 aliphatic rings. The highest BCUT2D eigenvalue weighted by atomic mass is 16.6. The van der Waals surface area contributed by atoms with Crippen LogP contribution in [0.25, 0.3) is 21.5 Å². The number of ether oxygens (including phenoxy) is 2. The molecule has 0 aliphatic heterocycles. The summed E-state index contributed by atoms with van der Waals surface area (Å²) in [5.41, 5.74) is 0.368. The second kappa shape index (κ2) is 10.8. The molecule has 2 amide bonds. The number of amides is 2. The molecule has 6 aromatic rings. The van der Waals surface area contributed by atoms with Gasteiger partial charge < -0.3 is 9.47 Å². The fourth-order valence-electron chi connectivity index (χ4n) is 5.47. The van der Waals surface area contributed by atoms with Crippen LogP contribution in [0.15, 0.2) is 121 Å². The Hall–Kier alpha value is -6.28. The average molecular weight is 579 g/mol. The van der Waals surface area contributed by atoms with Crippen molar-refractivity contribution in [1.29, 1.82) is 0 Å². The Labute approximate surface area is 250 Å². The molecule has 1 aliphatic carbocycles. The van der Waals surface area contributed by atoms with Crippen molar-refractivity contribution in [2.45, 2.75) is 0 Å². The third-order valence-corrected chi connectivity index (χ3v) is 7.45. The van der Waals surface area contributed by atoms with Gasteiger partial charge in [-0.15, -0.1) is 0 Å². The normalized spacial score (nSPS) is 11.9. The van der Waals surface area contributed by atoms with Crippen LogP contribution in [0.3, 0.4) is 0 Å². The SMILES string of the molecule is O=C(Nc1ccc(NC(=O)Oc2cccc3ccccc23)c2c1C(=O)c1ccccc1C2=O)Oc1cccc2ccccc12. The second-order valence-corrected chi connectivity index (χ2v) is 10.1. The summed E-state index contributed by atoms with van der Waals surface area (Å²) in [5.74, 6) is -0.308. The van der Waals surface area contributed by atoms with Gasteiger partial charge in [-0.3, -0.25) is 20.2 Å². The molecule has 8 heteroatoms. The molecule has 6 aromatic carbocycles. The van der Waals surface area contributed by atoms with E-state index < -0.39 is 23.8 Å². The van der Waals surface area contributed by atoms with Gasteiger partial charge in [0.2, 0.25) is 0 Å². The van der Waals surface area contributed by atoms with E-state index in [0.717, 1.165) is 21.5 Å². The van der Waals surface area contributed by atoms with Gasteiger partial charge in [0, 0.05) is 21.9 Å². The van der Waals surface area contributed by atoms with E-state index in [1.807, 2.05) is 60.7 Å². The van der Waals surface area contributed by atoms with Crippen molar-refractivity contribution in [3.63, 3.8) is 0 Å². The molecule has 0 spiro atoms. The third kappa shape index (κ3) is 4.70. The van der Waals surface area contributed by atoms with Gasteiger partial charge in [0.05, 0.1) is 22.5 Å². The Morgan fingerprint density at radius 1 is 0.455 bits per heavy atom. The predicted octanol–water partition coefficient (Wildman–Crippen LogP) is 7.99. The van der Waals surface area contributed by atoms with E-state index in [2.05, 4.69) is 10.6 Å². The summed E-state index contributed by atoms with van der Waals surface area (Å²) in [6, 6.07) is 34.8. The lowest BCUT2D eigenvalue weighted by molar-refractivity contribution is 0.0980. The Morgan fingerprint density at radius 2 is 0.841 bits per heavy atom. The van der Waals surface area contributed by atoms with Gasteiger partial charge in [-0.2, -0.15) is 0 Å². The molecule has 0 radical (unpaired) electrons. The first-order valence-corrected chi connectivity index (χ1v) is 13.8. The number of ketones is 2. The molecule has 0 fully saturated rings. The number of hydrogen-bond donors (Lipinski definition) is 2.